The van der Waals surface area contributed by atoms with Crippen molar-refractivity contribution in [2.24, 2.45) is 0 Å². The monoisotopic (exact) mass is 396 g/mol. The minimum absolute atomic E-state index is 0.346. The van der Waals surface area contributed by atoms with E-state index in [9.17, 15) is 14.0 Å². The van der Waals surface area contributed by atoms with Gasteiger partial charge in [0, 0.05) is 23.4 Å². The van der Waals surface area contributed by atoms with Gasteiger partial charge in [-0.25, -0.2) is 4.39 Å². The van der Waals surface area contributed by atoms with Crippen LogP contribution in [0.15, 0.2) is 59.0 Å². The van der Waals surface area contributed by atoms with Crippen LogP contribution in [0.2, 0.25) is 0 Å². The molecule has 0 bridgehead atoms. The van der Waals surface area contributed by atoms with Crippen LogP contribution < -0.4 is 15.6 Å². The molecule has 0 fully saturated rings. The Morgan fingerprint density at radius 3 is 2.59 bits per heavy atom. The molecule has 29 heavy (non-hydrogen) atoms. The highest BCUT2D eigenvalue weighted by atomic mass is 19.1. The van der Waals surface area contributed by atoms with Crippen LogP contribution in [0, 0.1) is 5.82 Å². The highest BCUT2D eigenvalue weighted by molar-refractivity contribution is 5.97. The first-order valence-electron chi connectivity index (χ1n) is 9.18. The van der Waals surface area contributed by atoms with Crippen molar-refractivity contribution in [2.45, 2.75) is 26.4 Å². The minimum atomic E-state index is -0.880. The second-order valence-corrected chi connectivity index (χ2v) is 6.31. The zero-order chi connectivity index (χ0) is 20.8. The van der Waals surface area contributed by atoms with Crippen LogP contribution in [0.3, 0.4) is 0 Å². The van der Waals surface area contributed by atoms with Crippen LogP contribution in [0.5, 0.6) is 5.75 Å². The molecule has 2 N–H and O–H groups in total. The fourth-order valence-electron chi connectivity index (χ4n) is 2.76. The van der Waals surface area contributed by atoms with E-state index in [1.165, 1.54) is 37.3 Å². The molecular formula is C22H21FN2O4. The summed E-state index contributed by atoms with van der Waals surface area (Å²) in [5.41, 5.74) is 6.19. The molecule has 0 saturated carbocycles. The van der Waals surface area contributed by atoms with Crippen molar-refractivity contribution in [3.05, 3.63) is 71.7 Å². The lowest BCUT2D eigenvalue weighted by Crippen LogP contribution is -2.46. The number of carbonyl (C=O) groups excluding carboxylic acids is 2. The third kappa shape index (κ3) is 5.01. The second kappa shape index (κ2) is 9.05. The van der Waals surface area contributed by atoms with E-state index in [1.54, 1.807) is 6.08 Å². The standard InChI is InChI=1S/C22H21FN2O4/c1-3-19-18(17-6-4-5-7-20(17)29-19)12-13-21(26)24-25-22(27)14(2)28-16-10-8-15(23)9-11-16/h4-14H,3H2,1-2H3,(H,24,26)(H,25,27)/b13-12+/t14-/m0/s1. The maximum absolute atomic E-state index is 12.9. The number of rotatable bonds is 6. The van der Waals surface area contributed by atoms with Crippen molar-refractivity contribution in [3.8, 4) is 5.75 Å². The van der Waals surface area contributed by atoms with E-state index < -0.39 is 23.7 Å². The van der Waals surface area contributed by atoms with Crippen molar-refractivity contribution < 1.29 is 23.1 Å². The molecule has 0 spiro atoms. The Morgan fingerprint density at radius 2 is 1.86 bits per heavy atom. The molecule has 0 aliphatic carbocycles. The molecule has 3 rings (SSSR count). The summed E-state index contributed by atoms with van der Waals surface area (Å²) in [4.78, 5) is 24.1. The number of carbonyl (C=O) groups is 2. The van der Waals surface area contributed by atoms with Gasteiger partial charge in [-0.1, -0.05) is 25.1 Å². The van der Waals surface area contributed by atoms with Gasteiger partial charge in [-0.2, -0.15) is 0 Å². The predicted molar refractivity (Wildman–Crippen MR) is 107 cm³/mol. The van der Waals surface area contributed by atoms with E-state index in [4.69, 9.17) is 9.15 Å². The third-order valence-corrected chi connectivity index (χ3v) is 4.24. The molecule has 1 aromatic heterocycles. The number of furan rings is 1. The van der Waals surface area contributed by atoms with Crippen molar-refractivity contribution in [1.29, 1.82) is 0 Å². The van der Waals surface area contributed by atoms with Crippen LogP contribution >= 0.6 is 0 Å². The van der Waals surface area contributed by atoms with Gasteiger partial charge in [-0.05, 0) is 43.3 Å². The number of hydrogen-bond donors (Lipinski definition) is 2. The normalized spacial score (nSPS) is 12.1. The van der Waals surface area contributed by atoms with E-state index in [0.717, 1.165) is 22.3 Å². The lowest BCUT2D eigenvalue weighted by molar-refractivity contribution is -0.131. The zero-order valence-corrected chi connectivity index (χ0v) is 16.1. The number of para-hydroxylation sites is 1. The number of halogens is 1. The van der Waals surface area contributed by atoms with Crippen LogP contribution in [0.25, 0.3) is 17.0 Å². The number of amides is 2. The Bertz CT molecular complexity index is 1040. The van der Waals surface area contributed by atoms with Gasteiger partial charge in [0.2, 0.25) is 0 Å². The smallest absolute Gasteiger partial charge is 0.279 e. The van der Waals surface area contributed by atoms with Gasteiger partial charge in [0.15, 0.2) is 6.10 Å². The van der Waals surface area contributed by atoms with E-state index in [2.05, 4.69) is 10.9 Å². The Balaban J connectivity index is 1.57. The molecule has 2 amide bonds. The fourth-order valence-corrected chi connectivity index (χ4v) is 2.76. The number of ether oxygens (including phenoxy) is 1. The zero-order valence-electron chi connectivity index (χ0n) is 16.1. The average molecular weight is 396 g/mol. The lowest BCUT2D eigenvalue weighted by atomic mass is 10.1. The van der Waals surface area contributed by atoms with E-state index in [-0.39, 0.29) is 0 Å². The van der Waals surface area contributed by atoms with Crippen molar-refractivity contribution in [2.75, 3.05) is 0 Å². The number of aryl methyl sites for hydroxylation is 1. The molecule has 6 nitrogen and oxygen atoms in total. The molecule has 0 unspecified atom stereocenters. The molecule has 3 aromatic rings. The van der Waals surface area contributed by atoms with Crippen LogP contribution in [0.4, 0.5) is 4.39 Å². The number of hydrazine groups is 1. The molecule has 0 saturated heterocycles. The topological polar surface area (TPSA) is 80.6 Å². The summed E-state index contributed by atoms with van der Waals surface area (Å²) in [6.45, 7) is 3.49. The highest BCUT2D eigenvalue weighted by Crippen LogP contribution is 2.27. The Kier molecular flexibility index (Phi) is 6.29. The summed E-state index contributed by atoms with van der Waals surface area (Å²) in [6.07, 6.45) is 2.78. The molecule has 2 aromatic carbocycles. The van der Waals surface area contributed by atoms with E-state index >= 15 is 0 Å². The van der Waals surface area contributed by atoms with E-state index in [0.29, 0.717) is 12.2 Å². The maximum Gasteiger partial charge on any atom is 0.279 e. The third-order valence-electron chi connectivity index (χ3n) is 4.24. The summed E-state index contributed by atoms with van der Waals surface area (Å²) >= 11 is 0. The van der Waals surface area contributed by atoms with Crippen molar-refractivity contribution in [1.82, 2.24) is 10.9 Å². The molecule has 0 radical (unpaired) electrons. The molecule has 0 aliphatic rings. The first-order chi connectivity index (χ1) is 14.0. The Hall–Kier alpha value is -3.61. The molecule has 7 heteroatoms. The SMILES string of the molecule is CCc1oc2ccccc2c1/C=C/C(=O)NNC(=O)[C@H](C)Oc1ccc(F)cc1. The van der Waals surface area contributed by atoms with Gasteiger partial charge in [-0.15, -0.1) is 0 Å². The van der Waals surface area contributed by atoms with Gasteiger partial charge >= 0.3 is 0 Å². The van der Waals surface area contributed by atoms with Gasteiger partial charge < -0.3 is 9.15 Å². The number of fused-ring (bicyclic) bond motifs is 1. The van der Waals surface area contributed by atoms with Gasteiger partial charge in [0.05, 0.1) is 0 Å². The van der Waals surface area contributed by atoms with Crippen molar-refractivity contribution in [3.63, 3.8) is 0 Å². The molecular weight excluding hydrogens is 375 g/mol. The first kappa shape index (κ1) is 20.1. The molecule has 0 aliphatic heterocycles. The van der Waals surface area contributed by atoms with Crippen LogP contribution in [-0.2, 0) is 16.0 Å². The summed E-state index contributed by atoms with van der Waals surface area (Å²) in [5.74, 6) is -0.316. The molecule has 1 heterocycles. The summed E-state index contributed by atoms with van der Waals surface area (Å²) in [7, 11) is 0. The Morgan fingerprint density at radius 1 is 1.14 bits per heavy atom. The molecule has 150 valence electrons. The van der Waals surface area contributed by atoms with Crippen LogP contribution in [-0.4, -0.2) is 17.9 Å². The van der Waals surface area contributed by atoms with E-state index in [1.807, 2.05) is 31.2 Å². The summed E-state index contributed by atoms with van der Waals surface area (Å²) in [6, 6.07) is 12.9. The minimum Gasteiger partial charge on any atom is -0.481 e. The van der Waals surface area contributed by atoms with Gasteiger partial charge in [-0.3, -0.25) is 20.4 Å². The molecule has 1 atom stereocenters. The first-order valence-corrected chi connectivity index (χ1v) is 9.18. The summed E-state index contributed by atoms with van der Waals surface area (Å²) in [5, 5.41) is 0.916. The van der Waals surface area contributed by atoms with Gasteiger partial charge in [0.1, 0.15) is 22.9 Å². The number of hydrogen-bond acceptors (Lipinski definition) is 4. The fraction of sp³-hybridized carbons (Fsp3) is 0.182. The number of benzene rings is 2. The lowest BCUT2D eigenvalue weighted by Gasteiger charge is -2.14. The summed E-state index contributed by atoms with van der Waals surface area (Å²) < 4.78 is 24.1. The predicted octanol–water partition coefficient (Wildman–Crippen LogP) is 3.76. The quantitative estimate of drug-likeness (QED) is 0.491. The second-order valence-electron chi connectivity index (χ2n) is 6.31. The maximum atomic E-state index is 12.9. The number of nitrogens with one attached hydrogen (secondary N) is 2. The largest absolute Gasteiger partial charge is 0.481 e. The van der Waals surface area contributed by atoms with Crippen LogP contribution in [0.1, 0.15) is 25.2 Å². The highest BCUT2D eigenvalue weighted by Gasteiger charge is 2.15. The average Bonchev–Trinajstić information content (AvgIpc) is 3.09. The van der Waals surface area contributed by atoms with Gasteiger partial charge in [0.25, 0.3) is 11.8 Å². The van der Waals surface area contributed by atoms with Crippen molar-refractivity contribution >= 4 is 28.9 Å². The Labute approximate surface area is 167 Å².